The highest BCUT2D eigenvalue weighted by molar-refractivity contribution is 5.91. The van der Waals surface area contributed by atoms with Crippen LogP contribution in [-0.2, 0) is 0 Å². The number of hydrogen-bond acceptors (Lipinski definition) is 3. The molecule has 1 aromatic carbocycles. The van der Waals surface area contributed by atoms with Crippen molar-refractivity contribution in [1.82, 2.24) is 4.98 Å². The van der Waals surface area contributed by atoms with E-state index in [0.29, 0.717) is 16.9 Å². The fourth-order valence-corrected chi connectivity index (χ4v) is 2.77. The smallest absolute Gasteiger partial charge is 0.153 e. The first kappa shape index (κ1) is 13.0. The van der Waals surface area contributed by atoms with Gasteiger partial charge in [0.1, 0.15) is 11.6 Å². The molecule has 0 spiro atoms. The van der Waals surface area contributed by atoms with E-state index < -0.39 is 0 Å². The maximum atomic E-state index is 13.3. The molecule has 1 saturated heterocycles. The Labute approximate surface area is 117 Å². The molecule has 0 radical (unpaired) electrons. The molecule has 1 aliphatic rings. The predicted octanol–water partition coefficient (Wildman–Crippen LogP) is 3.57. The average Bonchev–Trinajstić information content (AvgIpc) is 2.74. The second kappa shape index (κ2) is 5.57. The molecular formula is C16H17FN2O. The number of hydrogen-bond donors (Lipinski definition) is 0. The molecule has 4 heteroatoms. The van der Waals surface area contributed by atoms with Crippen LogP contribution in [0.4, 0.5) is 10.2 Å². The molecule has 1 fully saturated rings. The lowest BCUT2D eigenvalue weighted by molar-refractivity contribution is 0.112. The van der Waals surface area contributed by atoms with E-state index in [-0.39, 0.29) is 5.82 Å². The van der Waals surface area contributed by atoms with E-state index >= 15 is 0 Å². The van der Waals surface area contributed by atoms with Crippen molar-refractivity contribution in [3.8, 4) is 0 Å². The van der Waals surface area contributed by atoms with Crippen LogP contribution in [0.25, 0.3) is 10.9 Å². The van der Waals surface area contributed by atoms with E-state index in [1.807, 2.05) is 0 Å². The van der Waals surface area contributed by atoms with Crippen LogP contribution in [-0.4, -0.2) is 24.4 Å². The van der Waals surface area contributed by atoms with E-state index in [4.69, 9.17) is 0 Å². The van der Waals surface area contributed by atoms with Crippen LogP contribution in [0.2, 0.25) is 0 Å². The molecule has 0 amide bonds. The van der Waals surface area contributed by atoms with Gasteiger partial charge in [-0.3, -0.25) is 4.79 Å². The Bertz CT molecular complexity index is 634. The molecule has 2 aromatic rings. The Kier molecular flexibility index (Phi) is 3.63. The molecular weight excluding hydrogens is 255 g/mol. The van der Waals surface area contributed by atoms with Crippen LogP contribution in [0.3, 0.4) is 0 Å². The molecule has 1 aromatic heterocycles. The molecule has 104 valence electrons. The molecule has 20 heavy (non-hydrogen) atoms. The minimum absolute atomic E-state index is 0.300. The monoisotopic (exact) mass is 272 g/mol. The number of fused-ring (bicyclic) bond motifs is 1. The van der Waals surface area contributed by atoms with Crippen LogP contribution in [0, 0.1) is 5.82 Å². The van der Waals surface area contributed by atoms with E-state index in [9.17, 15) is 9.18 Å². The quantitative estimate of drug-likeness (QED) is 0.784. The number of halogens is 1. The highest BCUT2D eigenvalue weighted by Crippen LogP contribution is 2.25. The molecule has 0 unspecified atom stereocenters. The lowest BCUT2D eigenvalue weighted by Gasteiger charge is -2.23. The summed E-state index contributed by atoms with van der Waals surface area (Å²) < 4.78 is 13.3. The van der Waals surface area contributed by atoms with Crippen LogP contribution < -0.4 is 4.90 Å². The molecule has 0 bridgehead atoms. The maximum Gasteiger partial charge on any atom is 0.153 e. The maximum absolute atomic E-state index is 13.3. The minimum atomic E-state index is -0.300. The van der Waals surface area contributed by atoms with Crippen LogP contribution in [0.5, 0.6) is 0 Å². The summed E-state index contributed by atoms with van der Waals surface area (Å²) in [5.41, 5.74) is 1.20. The Morgan fingerprint density at radius 2 is 1.85 bits per heavy atom. The number of carbonyl (C=O) groups excluding carboxylic acids is 1. The molecule has 0 atom stereocenters. The fourth-order valence-electron chi connectivity index (χ4n) is 2.77. The minimum Gasteiger partial charge on any atom is -0.356 e. The number of rotatable bonds is 2. The van der Waals surface area contributed by atoms with Gasteiger partial charge in [0.05, 0.1) is 11.1 Å². The first-order valence-electron chi connectivity index (χ1n) is 7.08. The number of nitrogens with zero attached hydrogens (tertiary/aromatic N) is 2. The first-order chi connectivity index (χ1) is 9.78. The van der Waals surface area contributed by atoms with Gasteiger partial charge in [-0.25, -0.2) is 9.37 Å². The second-order valence-corrected chi connectivity index (χ2v) is 5.26. The first-order valence-corrected chi connectivity index (χ1v) is 7.08. The van der Waals surface area contributed by atoms with Gasteiger partial charge in [-0.05, 0) is 31.0 Å². The zero-order valence-corrected chi connectivity index (χ0v) is 11.3. The Balaban J connectivity index is 2.09. The molecule has 0 saturated carbocycles. The van der Waals surface area contributed by atoms with Gasteiger partial charge in [0.2, 0.25) is 0 Å². The summed E-state index contributed by atoms with van der Waals surface area (Å²) in [4.78, 5) is 18.0. The van der Waals surface area contributed by atoms with E-state index in [1.54, 1.807) is 12.1 Å². The molecule has 3 rings (SSSR count). The summed E-state index contributed by atoms with van der Waals surface area (Å²) in [6, 6.07) is 6.28. The van der Waals surface area contributed by atoms with Crippen LogP contribution in [0.15, 0.2) is 24.3 Å². The van der Waals surface area contributed by atoms with Crippen molar-refractivity contribution in [2.45, 2.75) is 25.7 Å². The molecule has 2 heterocycles. The summed E-state index contributed by atoms with van der Waals surface area (Å²) in [6.45, 7) is 1.82. The van der Waals surface area contributed by atoms with Gasteiger partial charge >= 0.3 is 0 Å². The highest BCUT2D eigenvalue weighted by atomic mass is 19.1. The zero-order valence-electron chi connectivity index (χ0n) is 11.3. The van der Waals surface area contributed by atoms with Gasteiger partial charge in [-0.2, -0.15) is 0 Å². The van der Waals surface area contributed by atoms with Gasteiger partial charge < -0.3 is 4.90 Å². The molecule has 1 aliphatic heterocycles. The highest BCUT2D eigenvalue weighted by Gasteiger charge is 2.16. The van der Waals surface area contributed by atoms with Crippen molar-refractivity contribution in [3.63, 3.8) is 0 Å². The topological polar surface area (TPSA) is 33.2 Å². The number of carbonyl (C=O) groups is 1. The van der Waals surface area contributed by atoms with Gasteiger partial charge in [0.25, 0.3) is 0 Å². The van der Waals surface area contributed by atoms with Gasteiger partial charge in [-0.1, -0.05) is 12.8 Å². The van der Waals surface area contributed by atoms with Crippen molar-refractivity contribution in [2.24, 2.45) is 0 Å². The third-order valence-electron chi connectivity index (χ3n) is 3.82. The third kappa shape index (κ3) is 2.50. The van der Waals surface area contributed by atoms with Crippen LogP contribution >= 0.6 is 0 Å². The van der Waals surface area contributed by atoms with E-state index in [2.05, 4.69) is 9.88 Å². The van der Waals surface area contributed by atoms with Gasteiger partial charge in [0.15, 0.2) is 6.29 Å². The summed E-state index contributed by atoms with van der Waals surface area (Å²) >= 11 is 0. The number of benzene rings is 1. The van der Waals surface area contributed by atoms with Crippen molar-refractivity contribution in [2.75, 3.05) is 18.0 Å². The molecule has 0 N–H and O–H groups in total. The predicted molar refractivity (Wildman–Crippen MR) is 77.8 cm³/mol. The Morgan fingerprint density at radius 3 is 2.55 bits per heavy atom. The van der Waals surface area contributed by atoms with Crippen molar-refractivity contribution < 1.29 is 9.18 Å². The van der Waals surface area contributed by atoms with Crippen LogP contribution in [0.1, 0.15) is 36.0 Å². The number of aromatic nitrogens is 1. The summed E-state index contributed by atoms with van der Waals surface area (Å²) in [5, 5.41) is 0.798. The summed E-state index contributed by atoms with van der Waals surface area (Å²) in [5.74, 6) is 0.394. The second-order valence-electron chi connectivity index (χ2n) is 5.26. The average molecular weight is 272 g/mol. The SMILES string of the molecule is O=Cc1cc2ccc(F)cc2nc1N1CCCCCC1. The fraction of sp³-hybridized carbons (Fsp3) is 0.375. The number of anilines is 1. The van der Waals surface area contributed by atoms with Crippen molar-refractivity contribution in [3.05, 3.63) is 35.6 Å². The third-order valence-corrected chi connectivity index (χ3v) is 3.82. The number of aldehydes is 1. The van der Waals surface area contributed by atoms with Gasteiger partial charge in [-0.15, -0.1) is 0 Å². The Morgan fingerprint density at radius 1 is 1.10 bits per heavy atom. The largest absolute Gasteiger partial charge is 0.356 e. The molecule has 0 aliphatic carbocycles. The zero-order chi connectivity index (χ0) is 13.9. The van der Waals surface area contributed by atoms with Crippen molar-refractivity contribution >= 4 is 23.0 Å². The van der Waals surface area contributed by atoms with Gasteiger partial charge in [0, 0.05) is 24.5 Å². The van der Waals surface area contributed by atoms with E-state index in [0.717, 1.165) is 37.6 Å². The lowest BCUT2D eigenvalue weighted by atomic mass is 10.1. The Hall–Kier alpha value is -1.97. The lowest BCUT2D eigenvalue weighted by Crippen LogP contribution is -2.26. The normalized spacial score (nSPS) is 16.1. The summed E-state index contributed by atoms with van der Waals surface area (Å²) in [7, 11) is 0. The van der Waals surface area contributed by atoms with Crippen molar-refractivity contribution in [1.29, 1.82) is 0 Å². The standard InChI is InChI=1S/C16H17FN2O/c17-14-6-5-12-9-13(11-20)16(18-15(12)10-14)19-7-3-1-2-4-8-19/h5-6,9-11H,1-4,7-8H2. The number of pyridine rings is 1. The van der Waals surface area contributed by atoms with E-state index in [1.165, 1.54) is 25.0 Å². The molecule has 3 nitrogen and oxygen atoms in total. The summed E-state index contributed by atoms with van der Waals surface area (Å²) in [6.07, 6.45) is 5.50.